The van der Waals surface area contributed by atoms with Crippen molar-refractivity contribution in [3.63, 3.8) is 0 Å². The Balaban J connectivity index is 1.74. The number of hydrogen-bond acceptors (Lipinski definition) is 6. The summed E-state index contributed by atoms with van der Waals surface area (Å²) in [4.78, 5) is 27.9. The summed E-state index contributed by atoms with van der Waals surface area (Å²) >= 11 is 0. The lowest BCUT2D eigenvalue weighted by atomic mass is 9.93. The molecule has 1 amide bonds. The fourth-order valence-electron chi connectivity index (χ4n) is 4.57. The van der Waals surface area contributed by atoms with Crippen LogP contribution < -0.4 is 14.8 Å². The fourth-order valence-corrected chi connectivity index (χ4v) is 5.09. The highest BCUT2D eigenvalue weighted by Gasteiger charge is 2.47. The summed E-state index contributed by atoms with van der Waals surface area (Å²) in [6.45, 7) is 0. The van der Waals surface area contributed by atoms with Crippen molar-refractivity contribution >= 4 is 43.9 Å². The number of carbonyl (C=O) groups excluding carboxylic acids is 2. The van der Waals surface area contributed by atoms with E-state index in [0.29, 0.717) is 16.9 Å². The molecule has 9 heteroatoms. The maximum absolute atomic E-state index is 13.4. The first-order valence-corrected chi connectivity index (χ1v) is 12.8. The number of amides is 1. The Hall–Kier alpha value is -4.47. The monoisotopic (exact) mass is 514 g/mol. The molecule has 186 valence electrons. The molecule has 0 aliphatic carbocycles. The zero-order valence-corrected chi connectivity index (χ0v) is 20.5. The Kier molecular flexibility index (Phi) is 6.02. The van der Waals surface area contributed by atoms with E-state index in [9.17, 15) is 23.1 Å². The number of anilines is 1. The average molecular weight is 515 g/mol. The van der Waals surface area contributed by atoms with Gasteiger partial charge >= 0.3 is 0 Å². The molecule has 0 spiro atoms. The number of benzene rings is 4. The SMILES string of the molecule is COc1ccc(C2/C(=C(/O)c3cccc4ccccc34)C(=O)C(=O)N2c2ccc(S(N)(=O)=O)cc2)cc1. The number of methoxy groups -OCH3 is 1. The third-order valence-corrected chi connectivity index (χ3v) is 7.29. The number of ether oxygens (including phenoxy) is 1. The summed E-state index contributed by atoms with van der Waals surface area (Å²) in [5.41, 5.74) is 1.16. The Morgan fingerprint density at radius 1 is 0.892 bits per heavy atom. The number of nitrogens with zero attached hydrogens (tertiary/aromatic N) is 1. The minimum atomic E-state index is -3.96. The first kappa shape index (κ1) is 24.2. The Labute approximate surface area is 213 Å². The number of fused-ring (bicyclic) bond motifs is 1. The Morgan fingerprint density at radius 2 is 1.54 bits per heavy atom. The molecule has 1 fully saturated rings. The van der Waals surface area contributed by atoms with Crippen molar-refractivity contribution in [1.29, 1.82) is 0 Å². The van der Waals surface area contributed by atoms with Crippen LogP contribution in [0.3, 0.4) is 0 Å². The number of nitrogens with two attached hydrogens (primary N) is 1. The van der Waals surface area contributed by atoms with Gasteiger partial charge in [0.05, 0.1) is 23.6 Å². The molecule has 1 atom stereocenters. The molecule has 1 aliphatic heterocycles. The minimum Gasteiger partial charge on any atom is -0.507 e. The van der Waals surface area contributed by atoms with Crippen molar-refractivity contribution in [2.75, 3.05) is 12.0 Å². The second kappa shape index (κ2) is 9.20. The van der Waals surface area contributed by atoms with Crippen LogP contribution in [0.15, 0.2) is 101 Å². The molecule has 0 saturated carbocycles. The van der Waals surface area contributed by atoms with Gasteiger partial charge in [-0.1, -0.05) is 54.6 Å². The predicted octanol–water partition coefficient (Wildman–Crippen LogP) is 4.12. The van der Waals surface area contributed by atoms with Crippen LogP contribution in [0.2, 0.25) is 0 Å². The molecule has 0 aromatic heterocycles. The topological polar surface area (TPSA) is 127 Å². The van der Waals surface area contributed by atoms with E-state index < -0.39 is 27.8 Å². The van der Waals surface area contributed by atoms with Gasteiger partial charge in [-0.05, 0) is 52.7 Å². The molecule has 4 aromatic carbocycles. The molecule has 3 N–H and O–H groups in total. The molecule has 0 radical (unpaired) electrons. The molecule has 0 bridgehead atoms. The van der Waals surface area contributed by atoms with Crippen molar-refractivity contribution in [2.45, 2.75) is 10.9 Å². The van der Waals surface area contributed by atoms with Gasteiger partial charge in [0.15, 0.2) is 0 Å². The predicted molar refractivity (Wildman–Crippen MR) is 140 cm³/mol. The average Bonchev–Trinajstić information content (AvgIpc) is 3.17. The number of carbonyl (C=O) groups is 2. The Bertz CT molecular complexity index is 1670. The van der Waals surface area contributed by atoms with Crippen molar-refractivity contribution in [1.82, 2.24) is 0 Å². The first-order chi connectivity index (χ1) is 17.7. The van der Waals surface area contributed by atoms with Gasteiger partial charge < -0.3 is 9.84 Å². The van der Waals surface area contributed by atoms with Gasteiger partial charge in [-0.2, -0.15) is 0 Å². The number of Topliss-reactive ketones (excluding diaryl/α,β-unsaturated/α-hetero) is 1. The number of primary sulfonamides is 1. The number of ketones is 1. The van der Waals surface area contributed by atoms with Gasteiger partial charge in [-0.25, -0.2) is 13.6 Å². The molecule has 1 saturated heterocycles. The van der Waals surface area contributed by atoms with E-state index in [4.69, 9.17) is 9.88 Å². The highest BCUT2D eigenvalue weighted by atomic mass is 32.2. The zero-order valence-electron chi connectivity index (χ0n) is 19.7. The third-order valence-electron chi connectivity index (χ3n) is 6.36. The van der Waals surface area contributed by atoms with Crippen molar-refractivity contribution in [2.24, 2.45) is 5.14 Å². The standard InChI is InChI=1S/C28H22N2O6S/c1-36-20-13-9-18(10-14-20)25-24(26(31)23-8-4-6-17-5-2-3-7-22(17)23)27(32)28(33)30(25)19-11-15-21(16-12-19)37(29,34)35/h2-16,25,31H,1H3,(H2,29,34,35)/b26-24-. The smallest absolute Gasteiger partial charge is 0.300 e. The van der Waals surface area contributed by atoms with Crippen LogP contribution in [0, 0.1) is 0 Å². The van der Waals surface area contributed by atoms with Gasteiger partial charge in [0, 0.05) is 11.3 Å². The van der Waals surface area contributed by atoms with Gasteiger partial charge in [0.1, 0.15) is 11.5 Å². The summed E-state index contributed by atoms with van der Waals surface area (Å²) in [6, 6.07) is 23.9. The number of hydrogen-bond donors (Lipinski definition) is 2. The maximum atomic E-state index is 13.4. The van der Waals surface area contributed by atoms with Gasteiger partial charge in [-0.3, -0.25) is 14.5 Å². The van der Waals surface area contributed by atoms with E-state index in [2.05, 4.69) is 0 Å². The lowest BCUT2D eigenvalue weighted by Crippen LogP contribution is -2.29. The number of aliphatic hydroxyl groups is 1. The normalized spacial score (nSPS) is 17.4. The molecular weight excluding hydrogens is 492 g/mol. The molecule has 1 unspecified atom stereocenters. The van der Waals surface area contributed by atoms with Crippen LogP contribution in [-0.2, 0) is 19.6 Å². The molecule has 1 heterocycles. The van der Waals surface area contributed by atoms with Crippen LogP contribution in [0.25, 0.3) is 16.5 Å². The van der Waals surface area contributed by atoms with E-state index in [1.165, 1.54) is 36.3 Å². The summed E-state index contributed by atoms with van der Waals surface area (Å²) in [5, 5.41) is 18.3. The van der Waals surface area contributed by atoms with Gasteiger partial charge in [0.25, 0.3) is 11.7 Å². The van der Waals surface area contributed by atoms with Crippen molar-refractivity contribution in [3.8, 4) is 5.75 Å². The molecular formula is C28H22N2O6S. The van der Waals surface area contributed by atoms with Gasteiger partial charge in [0.2, 0.25) is 10.0 Å². The first-order valence-electron chi connectivity index (χ1n) is 11.3. The molecule has 1 aliphatic rings. The van der Waals surface area contributed by atoms with Crippen LogP contribution in [0.4, 0.5) is 5.69 Å². The van der Waals surface area contributed by atoms with E-state index in [1.54, 1.807) is 36.4 Å². The summed E-state index contributed by atoms with van der Waals surface area (Å²) in [6.07, 6.45) is 0. The minimum absolute atomic E-state index is 0.0814. The molecule has 8 nitrogen and oxygen atoms in total. The van der Waals surface area contributed by atoms with E-state index in [1.807, 2.05) is 30.3 Å². The summed E-state index contributed by atoms with van der Waals surface area (Å²) in [7, 11) is -2.43. The second-order valence-corrected chi connectivity index (χ2v) is 10.1. The van der Waals surface area contributed by atoms with E-state index >= 15 is 0 Å². The maximum Gasteiger partial charge on any atom is 0.300 e. The van der Waals surface area contributed by atoms with E-state index in [-0.39, 0.29) is 21.9 Å². The van der Waals surface area contributed by atoms with Crippen LogP contribution >= 0.6 is 0 Å². The quantitative estimate of drug-likeness (QED) is 0.234. The number of aliphatic hydroxyl groups excluding tert-OH is 1. The van der Waals surface area contributed by atoms with Crippen LogP contribution in [-0.4, -0.2) is 32.3 Å². The lowest BCUT2D eigenvalue weighted by molar-refractivity contribution is -0.132. The summed E-state index contributed by atoms with van der Waals surface area (Å²) < 4.78 is 28.7. The van der Waals surface area contributed by atoms with Crippen molar-refractivity contribution < 1.29 is 27.9 Å². The van der Waals surface area contributed by atoms with Crippen LogP contribution in [0.5, 0.6) is 5.75 Å². The zero-order chi connectivity index (χ0) is 26.3. The number of sulfonamides is 1. The van der Waals surface area contributed by atoms with Gasteiger partial charge in [-0.15, -0.1) is 0 Å². The molecule has 37 heavy (non-hydrogen) atoms. The second-order valence-electron chi connectivity index (χ2n) is 8.51. The highest BCUT2D eigenvalue weighted by Crippen LogP contribution is 2.43. The molecule has 4 aromatic rings. The third kappa shape index (κ3) is 4.24. The lowest BCUT2D eigenvalue weighted by Gasteiger charge is -2.26. The van der Waals surface area contributed by atoms with Crippen molar-refractivity contribution in [3.05, 3.63) is 108 Å². The number of rotatable bonds is 5. The molecule has 5 rings (SSSR count). The Morgan fingerprint density at radius 3 is 2.19 bits per heavy atom. The van der Waals surface area contributed by atoms with E-state index in [0.717, 1.165) is 10.8 Å². The van der Waals surface area contributed by atoms with Crippen LogP contribution in [0.1, 0.15) is 17.2 Å². The summed E-state index contributed by atoms with van der Waals surface area (Å²) in [5.74, 6) is -1.44. The fraction of sp³-hybridized carbons (Fsp3) is 0.0714. The largest absolute Gasteiger partial charge is 0.507 e. The highest BCUT2D eigenvalue weighted by molar-refractivity contribution is 7.89.